The van der Waals surface area contributed by atoms with E-state index < -0.39 is 0 Å². The summed E-state index contributed by atoms with van der Waals surface area (Å²) < 4.78 is 13.8. The Morgan fingerprint density at radius 3 is 3.24 bits per heavy atom. The van der Waals surface area contributed by atoms with Crippen LogP contribution in [-0.4, -0.2) is 29.5 Å². The molecule has 0 saturated heterocycles. The van der Waals surface area contributed by atoms with Crippen molar-refractivity contribution in [2.45, 2.75) is 26.4 Å². The largest absolute Gasteiger partial charge is 0.490 e. The summed E-state index contributed by atoms with van der Waals surface area (Å²) in [7, 11) is 0. The monoisotopic (exact) mass is 340 g/mol. The predicted molar refractivity (Wildman–Crippen MR) is 98.0 cm³/mol. The minimum absolute atomic E-state index is 0.140. The van der Waals surface area contributed by atoms with Gasteiger partial charge in [-0.1, -0.05) is 12.1 Å². The lowest BCUT2D eigenvalue weighted by atomic mass is 10.1. The third-order valence-corrected chi connectivity index (χ3v) is 4.69. The fraction of sp³-hybridized carbons (Fsp3) is 0.421. The Morgan fingerprint density at radius 1 is 1.44 bits per heavy atom. The molecule has 2 atom stereocenters. The first-order valence-corrected chi connectivity index (χ1v) is 8.89. The van der Waals surface area contributed by atoms with Gasteiger partial charge in [-0.25, -0.2) is 4.68 Å². The first-order chi connectivity index (χ1) is 12.2. The summed E-state index contributed by atoms with van der Waals surface area (Å²) in [5.41, 5.74) is 0.827. The molecule has 0 aliphatic carbocycles. The minimum atomic E-state index is 0.140. The van der Waals surface area contributed by atoms with Crippen LogP contribution in [0.2, 0.25) is 0 Å². The van der Waals surface area contributed by atoms with Crippen molar-refractivity contribution in [3.05, 3.63) is 42.3 Å². The topological polar surface area (TPSA) is 64.2 Å². The molecular formula is C19H24N4O2. The number of anilines is 1. The zero-order valence-electron chi connectivity index (χ0n) is 14.7. The molecule has 3 heterocycles. The molecule has 1 aromatic carbocycles. The molecule has 25 heavy (non-hydrogen) atoms. The second-order valence-corrected chi connectivity index (χ2v) is 6.53. The highest BCUT2D eigenvalue weighted by atomic mass is 16.5. The number of nitrogens with one attached hydrogen (secondary N) is 2. The van der Waals surface area contributed by atoms with Crippen molar-refractivity contribution in [3.63, 3.8) is 0 Å². The van der Waals surface area contributed by atoms with Gasteiger partial charge in [-0.05, 0) is 26.0 Å². The van der Waals surface area contributed by atoms with Gasteiger partial charge in [0.25, 0.3) is 0 Å². The molecule has 0 unspecified atom stereocenters. The molecule has 0 bridgehead atoms. The molecule has 2 N–H and O–H groups in total. The zero-order valence-corrected chi connectivity index (χ0v) is 14.7. The van der Waals surface area contributed by atoms with Crippen LogP contribution < -0.4 is 15.4 Å². The standard InChI is InChI=1S/C19H24N4O2/c1-3-24-16-6-4-5-15-9-17(25-19(15)16)13(2)20-10-14-11-21-18-7-8-22-23(18)12-14/h4-9,13-14,20-21H,3,10-12H2,1-2H3/t13-,14+/m1/s1. The van der Waals surface area contributed by atoms with E-state index in [1.165, 1.54) is 0 Å². The number of ether oxygens (including phenoxy) is 1. The zero-order chi connectivity index (χ0) is 17.2. The van der Waals surface area contributed by atoms with Gasteiger partial charge >= 0.3 is 0 Å². The van der Waals surface area contributed by atoms with Crippen LogP contribution in [-0.2, 0) is 6.54 Å². The maximum Gasteiger partial charge on any atom is 0.176 e. The van der Waals surface area contributed by atoms with Crippen molar-refractivity contribution in [2.75, 3.05) is 25.0 Å². The lowest BCUT2D eigenvalue weighted by molar-refractivity contribution is 0.333. The lowest BCUT2D eigenvalue weighted by Crippen LogP contribution is -2.36. The van der Waals surface area contributed by atoms with Crippen molar-refractivity contribution in [2.24, 2.45) is 5.92 Å². The Labute approximate surface area is 147 Å². The molecule has 6 nitrogen and oxygen atoms in total. The van der Waals surface area contributed by atoms with E-state index in [0.717, 1.165) is 47.9 Å². The highest BCUT2D eigenvalue weighted by Crippen LogP contribution is 2.31. The molecule has 0 radical (unpaired) electrons. The highest BCUT2D eigenvalue weighted by molar-refractivity contribution is 5.83. The molecule has 2 aromatic heterocycles. The van der Waals surface area contributed by atoms with E-state index in [0.29, 0.717) is 12.5 Å². The Balaban J connectivity index is 1.42. The highest BCUT2D eigenvalue weighted by Gasteiger charge is 2.20. The molecular weight excluding hydrogens is 316 g/mol. The molecule has 1 aliphatic heterocycles. The van der Waals surface area contributed by atoms with Crippen LogP contribution in [0.25, 0.3) is 11.0 Å². The second kappa shape index (κ2) is 6.80. The fourth-order valence-corrected chi connectivity index (χ4v) is 3.31. The first-order valence-electron chi connectivity index (χ1n) is 8.89. The molecule has 4 rings (SSSR count). The summed E-state index contributed by atoms with van der Waals surface area (Å²) in [5.74, 6) is 3.34. The molecule has 0 spiro atoms. The molecule has 0 amide bonds. The molecule has 1 aliphatic rings. The van der Waals surface area contributed by atoms with E-state index in [9.17, 15) is 0 Å². The predicted octanol–water partition coefficient (Wildman–Crippen LogP) is 3.42. The Bertz CT molecular complexity index is 854. The number of hydrogen-bond donors (Lipinski definition) is 2. The van der Waals surface area contributed by atoms with E-state index in [1.54, 1.807) is 0 Å². The Hall–Kier alpha value is -2.47. The average molecular weight is 340 g/mol. The third-order valence-electron chi connectivity index (χ3n) is 4.69. The average Bonchev–Trinajstić information content (AvgIpc) is 3.26. The second-order valence-electron chi connectivity index (χ2n) is 6.53. The van der Waals surface area contributed by atoms with Gasteiger partial charge in [0.2, 0.25) is 0 Å². The number of fused-ring (bicyclic) bond motifs is 2. The molecule has 0 saturated carbocycles. The maximum absolute atomic E-state index is 6.08. The van der Waals surface area contributed by atoms with E-state index in [2.05, 4.69) is 34.8 Å². The van der Waals surface area contributed by atoms with Gasteiger partial charge in [0.15, 0.2) is 11.3 Å². The van der Waals surface area contributed by atoms with E-state index in [-0.39, 0.29) is 6.04 Å². The minimum Gasteiger partial charge on any atom is -0.490 e. The number of para-hydroxylation sites is 1. The van der Waals surface area contributed by atoms with Crippen LogP contribution in [0, 0.1) is 5.92 Å². The van der Waals surface area contributed by atoms with E-state index in [1.807, 2.05) is 36.0 Å². The fourth-order valence-electron chi connectivity index (χ4n) is 3.31. The summed E-state index contributed by atoms with van der Waals surface area (Å²) in [4.78, 5) is 0. The quantitative estimate of drug-likeness (QED) is 0.720. The number of furan rings is 1. The van der Waals surface area contributed by atoms with Crippen LogP contribution in [0.15, 0.2) is 40.9 Å². The van der Waals surface area contributed by atoms with E-state index >= 15 is 0 Å². The van der Waals surface area contributed by atoms with Crippen LogP contribution >= 0.6 is 0 Å². The SMILES string of the molecule is CCOc1cccc2cc([C@@H](C)NC[C@H]3CNc4ccnn4C3)oc12. The number of aromatic nitrogens is 2. The van der Waals surface area contributed by atoms with Crippen molar-refractivity contribution in [3.8, 4) is 5.75 Å². The summed E-state index contributed by atoms with van der Waals surface area (Å²) in [5, 5.41) is 12.4. The van der Waals surface area contributed by atoms with Crippen molar-refractivity contribution < 1.29 is 9.15 Å². The number of benzene rings is 1. The van der Waals surface area contributed by atoms with Crippen LogP contribution in [0.4, 0.5) is 5.82 Å². The van der Waals surface area contributed by atoms with Gasteiger partial charge in [-0.15, -0.1) is 0 Å². The number of rotatable bonds is 6. The van der Waals surface area contributed by atoms with Gasteiger partial charge in [0.1, 0.15) is 11.6 Å². The van der Waals surface area contributed by atoms with Crippen molar-refractivity contribution in [1.29, 1.82) is 0 Å². The summed E-state index contributed by atoms with van der Waals surface area (Å²) in [6, 6.07) is 10.3. The summed E-state index contributed by atoms with van der Waals surface area (Å²) in [6.45, 7) is 7.54. The third kappa shape index (κ3) is 3.22. The number of nitrogens with zero attached hydrogens (tertiary/aromatic N) is 2. The molecule has 132 valence electrons. The normalized spacial score (nSPS) is 17.9. The van der Waals surface area contributed by atoms with E-state index in [4.69, 9.17) is 9.15 Å². The van der Waals surface area contributed by atoms with Gasteiger partial charge in [0, 0.05) is 37.0 Å². The van der Waals surface area contributed by atoms with Gasteiger partial charge < -0.3 is 19.8 Å². The Kier molecular flexibility index (Phi) is 4.36. The lowest BCUT2D eigenvalue weighted by Gasteiger charge is -2.26. The van der Waals surface area contributed by atoms with Crippen LogP contribution in [0.3, 0.4) is 0 Å². The van der Waals surface area contributed by atoms with Crippen molar-refractivity contribution in [1.82, 2.24) is 15.1 Å². The molecule has 6 heteroatoms. The van der Waals surface area contributed by atoms with Crippen LogP contribution in [0.5, 0.6) is 5.75 Å². The van der Waals surface area contributed by atoms with Gasteiger partial charge in [-0.3, -0.25) is 0 Å². The Morgan fingerprint density at radius 2 is 2.36 bits per heavy atom. The molecule has 3 aromatic rings. The van der Waals surface area contributed by atoms with Gasteiger partial charge in [0.05, 0.1) is 18.8 Å². The first kappa shape index (κ1) is 16.0. The molecule has 0 fully saturated rings. The van der Waals surface area contributed by atoms with Crippen molar-refractivity contribution >= 4 is 16.8 Å². The number of hydrogen-bond acceptors (Lipinski definition) is 5. The van der Waals surface area contributed by atoms with Crippen LogP contribution in [0.1, 0.15) is 25.6 Å². The summed E-state index contributed by atoms with van der Waals surface area (Å²) in [6.07, 6.45) is 1.84. The summed E-state index contributed by atoms with van der Waals surface area (Å²) >= 11 is 0. The smallest absolute Gasteiger partial charge is 0.176 e. The maximum atomic E-state index is 6.08. The van der Waals surface area contributed by atoms with Gasteiger partial charge in [-0.2, -0.15) is 5.10 Å².